The Hall–Kier alpha value is -0.0300. The van der Waals surface area contributed by atoms with Gasteiger partial charge in [-0.1, -0.05) is 22.0 Å². The molecule has 1 aliphatic carbocycles. The molecule has 4 heteroatoms. The third kappa shape index (κ3) is 3.00. The molecule has 88 valence electrons. The van der Waals surface area contributed by atoms with E-state index < -0.39 is 0 Å². The molecule has 2 rings (SSSR count). The summed E-state index contributed by atoms with van der Waals surface area (Å²) in [6.07, 6.45) is 2.92. The highest BCUT2D eigenvalue weighted by molar-refractivity contribution is 9.10. The molecule has 2 atom stereocenters. The Bertz CT molecular complexity index is 374. The van der Waals surface area contributed by atoms with Crippen LogP contribution in [0.5, 0.6) is 0 Å². The fourth-order valence-electron chi connectivity index (χ4n) is 2.08. The summed E-state index contributed by atoms with van der Waals surface area (Å²) in [6, 6.07) is 8.31. The Balaban J connectivity index is 1.97. The van der Waals surface area contributed by atoms with Gasteiger partial charge >= 0.3 is 0 Å². The quantitative estimate of drug-likeness (QED) is 0.902. The fraction of sp³-hybridized carbons (Fsp3) is 0.500. The predicted molar refractivity (Wildman–Crippen MR) is 71.6 cm³/mol. The molecule has 1 aliphatic rings. The summed E-state index contributed by atoms with van der Waals surface area (Å²) < 4.78 is 1.11. The van der Waals surface area contributed by atoms with Crippen molar-refractivity contribution in [1.29, 1.82) is 0 Å². The van der Waals surface area contributed by atoms with Crippen LogP contribution >= 0.6 is 27.7 Å². The molecule has 0 radical (unpaired) electrons. The Morgan fingerprint density at radius 2 is 2.38 bits per heavy atom. The minimum Gasteiger partial charge on any atom is -0.394 e. The Labute approximate surface area is 109 Å². The number of thioether (sulfide) groups is 1. The smallest absolute Gasteiger partial charge is 0.0611 e. The number of rotatable bonds is 3. The Morgan fingerprint density at radius 1 is 1.56 bits per heavy atom. The first kappa shape index (κ1) is 12.4. The monoisotopic (exact) mass is 301 g/mol. The summed E-state index contributed by atoms with van der Waals surface area (Å²) in [7, 11) is 0. The second kappa shape index (κ2) is 5.08. The first-order valence-electron chi connectivity index (χ1n) is 5.43. The van der Waals surface area contributed by atoms with E-state index in [1.807, 2.05) is 23.9 Å². The van der Waals surface area contributed by atoms with Gasteiger partial charge in [0.05, 0.1) is 6.61 Å². The van der Waals surface area contributed by atoms with Crippen molar-refractivity contribution in [2.45, 2.75) is 34.9 Å². The summed E-state index contributed by atoms with van der Waals surface area (Å²) in [5, 5.41) is 9.75. The van der Waals surface area contributed by atoms with Crippen molar-refractivity contribution in [2.75, 3.05) is 6.61 Å². The molecule has 2 nitrogen and oxygen atoms in total. The summed E-state index contributed by atoms with van der Waals surface area (Å²) in [6.45, 7) is 0.0997. The van der Waals surface area contributed by atoms with Gasteiger partial charge in [-0.25, -0.2) is 0 Å². The van der Waals surface area contributed by atoms with E-state index in [2.05, 4.69) is 28.1 Å². The lowest BCUT2D eigenvalue weighted by atomic mass is 10.0. The third-order valence-corrected chi connectivity index (χ3v) is 4.77. The third-order valence-electron chi connectivity index (χ3n) is 3.01. The van der Waals surface area contributed by atoms with Crippen LogP contribution in [0.4, 0.5) is 0 Å². The molecule has 3 N–H and O–H groups in total. The van der Waals surface area contributed by atoms with Gasteiger partial charge < -0.3 is 10.8 Å². The van der Waals surface area contributed by atoms with E-state index in [1.165, 1.54) is 4.90 Å². The number of halogens is 1. The van der Waals surface area contributed by atoms with Crippen molar-refractivity contribution in [3.63, 3.8) is 0 Å². The highest BCUT2D eigenvalue weighted by atomic mass is 79.9. The SMILES string of the molecule is NC1(CO)CCC(Sc2cccc(Br)c2)C1. The molecule has 0 bridgehead atoms. The van der Waals surface area contributed by atoms with E-state index in [0.29, 0.717) is 5.25 Å². The van der Waals surface area contributed by atoms with Gasteiger partial charge in [0.15, 0.2) is 0 Å². The van der Waals surface area contributed by atoms with Crippen LogP contribution in [0.3, 0.4) is 0 Å². The minimum absolute atomic E-state index is 0.0997. The van der Waals surface area contributed by atoms with Gasteiger partial charge in [-0.05, 0) is 37.5 Å². The second-order valence-corrected chi connectivity index (χ2v) is 6.75. The van der Waals surface area contributed by atoms with E-state index in [0.717, 1.165) is 23.7 Å². The summed E-state index contributed by atoms with van der Waals surface area (Å²) >= 11 is 5.33. The van der Waals surface area contributed by atoms with Crippen LogP contribution in [0.25, 0.3) is 0 Å². The van der Waals surface area contributed by atoms with Gasteiger partial charge in [0.1, 0.15) is 0 Å². The van der Waals surface area contributed by atoms with E-state index in [1.54, 1.807) is 0 Å². The number of hydrogen-bond donors (Lipinski definition) is 2. The Kier molecular flexibility index (Phi) is 3.95. The van der Waals surface area contributed by atoms with Gasteiger partial charge in [-0.15, -0.1) is 11.8 Å². The van der Waals surface area contributed by atoms with Gasteiger partial charge in [-0.2, -0.15) is 0 Å². The second-order valence-electron chi connectivity index (χ2n) is 4.46. The van der Waals surface area contributed by atoms with Crippen LogP contribution in [0.15, 0.2) is 33.6 Å². The highest BCUT2D eigenvalue weighted by Gasteiger charge is 2.35. The minimum atomic E-state index is -0.344. The van der Waals surface area contributed by atoms with Crippen LogP contribution in [0, 0.1) is 0 Å². The number of benzene rings is 1. The summed E-state index contributed by atoms with van der Waals surface area (Å²) in [4.78, 5) is 1.27. The molecule has 0 amide bonds. The molecular formula is C12H16BrNOS. The molecular weight excluding hydrogens is 286 g/mol. The number of nitrogens with two attached hydrogens (primary N) is 1. The zero-order chi connectivity index (χ0) is 11.6. The van der Waals surface area contributed by atoms with Gasteiger partial charge in [0, 0.05) is 20.2 Å². The molecule has 1 fully saturated rings. The maximum atomic E-state index is 9.21. The van der Waals surface area contributed by atoms with Gasteiger partial charge in [0.25, 0.3) is 0 Å². The van der Waals surface area contributed by atoms with Crippen molar-refractivity contribution in [3.8, 4) is 0 Å². The lowest BCUT2D eigenvalue weighted by Crippen LogP contribution is -2.40. The number of hydrogen-bond acceptors (Lipinski definition) is 3. The molecule has 0 aliphatic heterocycles. The maximum absolute atomic E-state index is 9.21. The maximum Gasteiger partial charge on any atom is 0.0611 e. The first-order valence-corrected chi connectivity index (χ1v) is 7.10. The standard InChI is InChI=1S/C12H16BrNOS/c13-9-2-1-3-10(6-9)16-11-4-5-12(14,7-11)8-15/h1-3,6,11,15H,4-5,7-8,14H2. The molecule has 0 spiro atoms. The van der Waals surface area contributed by atoms with Crippen molar-refractivity contribution in [2.24, 2.45) is 5.73 Å². The topological polar surface area (TPSA) is 46.2 Å². The first-order chi connectivity index (χ1) is 7.61. The summed E-state index contributed by atoms with van der Waals surface area (Å²) in [5.74, 6) is 0. The van der Waals surface area contributed by atoms with Crippen molar-refractivity contribution >= 4 is 27.7 Å². The van der Waals surface area contributed by atoms with E-state index >= 15 is 0 Å². The lowest BCUT2D eigenvalue weighted by Gasteiger charge is -2.20. The zero-order valence-corrected chi connectivity index (χ0v) is 11.4. The molecule has 1 saturated carbocycles. The van der Waals surface area contributed by atoms with Crippen molar-refractivity contribution in [1.82, 2.24) is 0 Å². The zero-order valence-electron chi connectivity index (χ0n) is 9.03. The van der Waals surface area contributed by atoms with Gasteiger partial charge in [0.2, 0.25) is 0 Å². The van der Waals surface area contributed by atoms with E-state index in [9.17, 15) is 5.11 Å². The van der Waals surface area contributed by atoms with E-state index in [4.69, 9.17) is 5.73 Å². The average molecular weight is 302 g/mol. The molecule has 1 aromatic carbocycles. The normalized spacial score (nSPS) is 29.6. The van der Waals surface area contributed by atoms with E-state index in [-0.39, 0.29) is 12.1 Å². The number of aliphatic hydroxyl groups is 1. The van der Waals surface area contributed by atoms with Gasteiger partial charge in [-0.3, -0.25) is 0 Å². The van der Waals surface area contributed by atoms with Crippen LogP contribution < -0.4 is 5.73 Å². The van der Waals surface area contributed by atoms with Crippen molar-refractivity contribution in [3.05, 3.63) is 28.7 Å². The van der Waals surface area contributed by atoms with Crippen molar-refractivity contribution < 1.29 is 5.11 Å². The molecule has 16 heavy (non-hydrogen) atoms. The van der Waals surface area contributed by atoms with Crippen LogP contribution in [-0.2, 0) is 0 Å². The molecule has 2 unspecified atom stereocenters. The molecule has 0 saturated heterocycles. The summed E-state index contributed by atoms with van der Waals surface area (Å²) in [5.41, 5.74) is 5.72. The van der Waals surface area contributed by atoms with Crippen LogP contribution in [0.1, 0.15) is 19.3 Å². The largest absolute Gasteiger partial charge is 0.394 e. The highest BCUT2D eigenvalue weighted by Crippen LogP contribution is 2.39. The fourth-order valence-corrected chi connectivity index (χ4v) is 4.02. The molecule has 1 aromatic rings. The van der Waals surface area contributed by atoms with Crippen LogP contribution in [-0.4, -0.2) is 22.5 Å². The average Bonchev–Trinajstić information content (AvgIpc) is 2.61. The van der Waals surface area contributed by atoms with Crippen LogP contribution in [0.2, 0.25) is 0 Å². The number of aliphatic hydroxyl groups excluding tert-OH is 1. The predicted octanol–water partition coefficient (Wildman–Crippen LogP) is 2.78. The molecule has 0 heterocycles. The Morgan fingerprint density at radius 3 is 3.00 bits per heavy atom. The molecule has 0 aromatic heterocycles. The lowest BCUT2D eigenvalue weighted by molar-refractivity contribution is 0.200.